The molecule has 0 aliphatic heterocycles. The van der Waals surface area contributed by atoms with Gasteiger partial charge < -0.3 is 4.98 Å². The van der Waals surface area contributed by atoms with Crippen LogP contribution in [0.25, 0.3) is 10.2 Å². The maximum Gasteiger partial charge on any atom is 0.128 e. The topological polar surface area (TPSA) is 52.5 Å². The molecule has 1 unspecified atom stereocenters. The molecule has 1 aliphatic rings. The minimum Gasteiger partial charge on any atom is -0.337 e. The first-order valence-corrected chi connectivity index (χ1v) is 8.41. The molecule has 0 saturated carbocycles. The molecule has 0 amide bonds. The summed E-state index contributed by atoms with van der Waals surface area (Å²) >= 11 is 7.10. The highest BCUT2D eigenvalue weighted by Gasteiger charge is 2.38. The van der Waals surface area contributed by atoms with Gasteiger partial charge in [0.15, 0.2) is 0 Å². The minimum absolute atomic E-state index is 0.430. The summed E-state index contributed by atoms with van der Waals surface area (Å²) in [5.74, 6) is 0. The summed E-state index contributed by atoms with van der Waals surface area (Å²) in [6, 6.07) is 12.7. The first kappa shape index (κ1) is 13.6. The third-order valence-corrected chi connectivity index (χ3v) is 5.94. The second-order valence-corrected chi connectivity index (χ2v) is 7.14. The van der Waals surface area contributed by atoms with Crippen molar-refractivity contribution in [3.63, 3.8) is 0 Å². The largest absolute Gasteiger partial charge is 0.337 e. The number of nitriles is 1. The Labute approximate surface area is 137 Å². The third kappa shape index (κ3) is 1.92. The lowest BCUT2D eigenvalue weighted by Gasteiger charge is -2.31. The number of nitrogens with zero attached hydrogens (tertiary/aromatic N) is 2. The van der Waals surface area contributed by atoms with Gasteiger partial charge in [-0.15, -0.1) is 11.3 Å². The molecule has 4 rings (SSSR count). The Kier molecular flexibility index (Phi) is 3.10. The number of hydrogen-bond donors (Lipinski definition) is 1. The van der Waals surface area contributed by atoms with E-state index in [1.165, 1.54) is 10.4 Å². The lowest BCUT2D eigenvalue weighted by atomic mass is 9.70. The Morgan fingerprint density at radius 1 is 1.32 bits per heavy atom. The predicted octanol–water partition coefficient (Wildman–Crippen LogP) is 4.30. The van der Waals surface area contributed by atoms with Gasteiger partial charge in [0, 0.05) is 16.7 Å². The van der Waals surface area contributed by atoms with Gasteiger partial charge in [0.05, 0.1) is 17.8 Å². The molecule has 3 nitrogen and oxygen atoms in total. The molecule has 108 valence electrons. The molecule has 1 aromatic carbocycles. The van der Waals surface area contributed by atoms with Gasteiger partial charge in [0.1, 0.15) is 9.47 Å². The highest BCUT2D eigenvalue weighted by atomic mass is 32.1. The lowest BCUT2D eigenvalue weighted by Crippen LogP contribution is -2.31. The average Bonchev–Trinajstić information content (AvgIpc) is 2.94. The zero-order valence-corrected chi connectivity index (χ0v) is 13.4. The normalized spacial score (nSPS) is 20.5. The van der Waals surface area contributed by atoms with Crippen molar-refractivity contribution in [1.29, 1.82) is 5.26 Å². The summed E-state index contributed by atoms with van der Waals surface area (Å²) < 4.78 is 0.756. The molecule has 22 heavy (non-hydrogen) atoms. The molecule has 0 bridgehead atoms. The van der Waals surface area contributed by atoms with Crippen LogP contribution >= 0.6 is 23.6 Å². The van der Waals surface area contributed by atoms with Gasteiger partial charge in [-0.3, -0.25) is 0 Å². The second kappa shape index (κ2) is 5.01. The maximum atomic E-state index is 9.86. The summed E-state index contributed by atoms with van der Waals surface area (Å²) in [6.45, 7) is 0. The van der Waals surface area contributed by atoms with Crippen LogP contribution in [0.15, 0.2) is 36.7 Å². The van der Waals surface area contributed by atoms with Crippen molar-refractivity contribution in [3.05, 3.63) is 57.3 Å². The maximum absolute atomic E-state index is 9.86. The zero-order chi connectivity index (χ0) is 15.2. The Hall–Kier alpha value is -2.03. The fraction of sp³-hybridized carbons (Fsp3) is 0.235. The number of H-pyrrole nitrogens is 1. The number of aromatic nitrogens is 2. The van der Waals surface area contributed by atoms with Crippen molar-refractivity contribution >= 4 is 33.8 Å². The highest BCUT2D eigenvalue weighted by Crippen LogP contribution is 2.43. The van der Waals surface area contributed by atoms with E-state index in [4.69, 9.17) is 12.2 Å². The third-order valence-electron chi connectivity index (χ3n) is 4.48. The summed E-state index contributed by atoms with van der Waals surface area (Å²) in [6.07, 6.45) is 4.11. The summed E-state index contributed by atoms with van der Waals surface area (Å²) in [4.78, 5) is 9.67. The van der Waals surface area contributed by atoms with E-state index >= 15 is 0 Å². The smallest absolute Gasteiger partial charge is 0.128 e. The number of rotatable bonds is 1. The van der Waals surface area contributed by atoms with Gasteiger partial charge in [-0.05, 0) is 24.0 Å². The fourth-order valence-corrected chi connectivity index (χ4v) is 4.97. The van der Waals surface area contributed by atoms with Gasteiger partial charge in [0.2, 0.25) is 0 Å². The molecule has 1 aliphatic carbocycles. The van der Waals surface area contributed by atoms with Gasteiger partial charge >= 0.3 is 0 Å². The van der Waals surface area contributed by atoms with E-state index in [0.29, 0.717) is 0 Å². The SMILES string of the molecule is N#CC1(c2ccccc2)CCc2c(sc3nc[nH]c(=S)c23)C1. The van der Waals surface area contributed by atoms with Crippen molar-refractivity contribution in [2.24, 2.45) is 0 Å². The van der Waals surface area contributed by atoms with Crippen LogP contribution in [-0.2, 0) is 18.3 Å². The van der Waals surface area contributed by atoms with Crippen LogP contribution in [0.1, 0.15) is 22.4 Å². The van der Waals surface area contributed by atoms with Gasteiger partial charge in [0.25, 0.3) is 0 Å². The van der Waals surface area contributed by atoms with E-state index in [2.05, 4.69) is 28.2 Å². The molecule has 3 aromatic rings. The number of aromatic amines is 1. The number of hydrogen-bond acceptors (Lipinski definition) is 4. The molecule has 5 heteroatoms. The molecule has 2 heterocycles. The van der Waals surface area contributed by atoms with E-state index in [1.54, 1.807) is 17.7 Å². The molecule has 0 spiro atoms. The molecule has 0 radical (unpaired) electrons. The van der Waals surface area contributed by atoms with Gasteiger partial charge in [-0.25, -0.2) is 4.98 Å². The van der Waals surface area contributed by atoms with Crippen LogP contribution in [0.3, 0.4) is 0 Å². The van der Waals surface area contributed by atoms with Crippen LogP contribution in [0, 0.1) is 16.0 Å². The summed E-state index contributed by atoms with van der Waals surface area (Å²) in [7, 11) is 0. The van der Waals surface area contributed by atoms with E-state index in [0.717, 1.165) is 39.7 Å². The van der Waals surface area contributed by atoms with Crippen molar-refractivity contribution in [2.75, 3.05) is 0 Å². The molecule has 0 saturated heterocycles. The van der Waals surface area contributed by atoms with Crippen molar-refractivity contribution in [2.45, 2.75) is 24.7 Å². The number of thiophene rings is 1. The highest BCUT2D eigenvalue weighted by molar-refractivity contribution is 7.71. The van der Waals surface area contributed by atoms with Crippen LogP contribution in [0.5, 0.6) is 0 Å². The Bertz CT molecular complexity index is 949. The van der Waals surface area contributed by atoms with Crippen molar-refractivity contribution in [3.8, 4) is 6.07 Å². The van der Waals surface area contributed by atoms with E-state index in [9.17, 15) is 5.26 Å². The second-order valence-electron chi connectivity index (χ2n) is 5.65. The van der Waals surface area contributed by atoms with E-state index in [-0.39, 0.29) is 0 Å². The quantitative estimate of drug-likeness (QED) is 0.679. The fourth-order valence-electron chi connectivity index (χ4n) is 3.32. The molecule has 1 N–H and O–H groups in total. The van der Waals surface area contributed by atoms with Gasteiger partial charge in [-0.1, -0.05) is 42.5 Å². The molecular weight excluding hydrogens is 310 g/mol. The molecule has 2 aromatic heterocycles. The summed E-state index contributed by atoms with van der Waals surface area (Å²) in [5.41, 5.74) is 1.97. The Balaban J connectivity index is 1.88. The van der Waals surface area contributed by atoms with Gasteiger partial charge in [-0.2, -0.15) is 5.26 Å². The first-order valence-electron chi connectivity index (χ1n) is 7.18. The van der Waals surface area contributed by atoms with E-state index in [1.807, 2.05) is 18.2 Å². The zero-order valence-electron chi connectivity index (χ0n) is 11.8. The Morgan fingerprint density at radius 3 is 2.91 bits per heavy atom. The lowest BCUT2D eigenvalue weighted by molar-refractivity contribution is 0.480. The van der Waals surface area contributed by atoms with Crippen LogP contribution in [0.4, 0.5) is 0 Å². The van der Waals surface area contributed by atoms with Crippen LogP contribution < -0.4 is 0 Å². The minimum atomic E-state index is -0.430. The number of fused-ring (bicyclic) bond motifs is 3. The van der Waals surface area contributed by atoms with E-state index < -0.39 is 5.41 Å². The average molecular weight is 323 g/mol. The number of nitrogens with one attached hydrogen (secondary N) is 1. The molecular formula is C17H13N3S2. The van der Waals surface area contributed by atoms with Crippen molar-refractivity contribution in [1.82, 2.24) is 9.97 Å². The monoisotopic (exact) mass is 323 g/mol. The first-order chi connectivity index (χ1) is 10.7. The number of benzene rings is 1. The summed E-state index contributed by atoms with van der Waals surface area (Å²) in [5, 5.41) is 10.9. The molecule has 1 atom stereocenters. The van der Waals surface area contributed by atoms with Crippen LogP contribution in [-0.4, -0.2) is 9.97 Å². The number of aryl methyl sites for hydroxylation is 1. The molecule has 0 fully saturated rings. The predicted molar refractivity (Wildman–Crippen MR) is 90.6 cm³/mol. The van der Waals surface area contributed by atoms with Crippen LogP contribution in [0.2, 0.25) is 0 Å². The van der Waals surface area contributed by atoms with Crippen molar-refractivity contribution < 1.29 is 0 Å². The Morgan fingerprint density at radius 2 is 2.14 bits per heavy atom. The standard InChI is InChI=1S/C17H13N3S2/c18-9-17(11-4-2-1-3-5-11)7-6-12-13(8-17)22-16-14(12)15(21)19-10-20-16/h1-5,10H,6-8H2,(H,19,20,21).